The van der Waals surface area contributed by atoms with Crippen LogP contribution in [0.3, 0.4) is 0 Å². The van der Waals surface area contributed by atoms with Crippen LogP contribution in [0.2, 0.25) is 0 Å². The Morgan fingerprint density at radius 1 is 1.26 bits per heavy atom. The van der Waals surface area contributed by atoms with Crippen LogP contribution in [-0.4, -0.2) is 26.7 Å². The summed E-state index contributed by atoms with van der Waals surface area (Å²) in [6.07, 6.45) is 4.08. The molecule has 1 unspecified atom stereocenters. The van der Waals surface area contributed by atoms with Gasteiger partial charge in [-0.1, -0.05) is 35.0 Å². The molecule has 0 radical (unpaired) electrons. The highest BCUT2D eigenvalue weighted by Gasteiger charge is 2.45. The average molecular weight is 374 g/mol. The molecule has 0 saturated carbocycles. The summed E-state index contributed by atoms with van der Waals surface area (Å²) in [7, 11) is 0. The van der Waals surface area contributed by atoms with Gasteiger partial charge in [-0.2, -0.15) is 10.1 Å². The number of hydrogen-bond donors (Lipinski definition) is 1. The zero-order chi connectivity index (χ0) is 16.4. The summed E-state index contributed by atoms with van der Waals surface area (Å²) in [5.41, 5.74) is 0.400. The first-order chi connectivity index (χ1) is 11.0. The van der Waals surface area contributed by atoms with Gasteiger partial charge in [-0.15, -0.1) is 0 Å². The van der Waals surface area contributed by atoms with Gasteiger partial charge in [-0.3, -0.25) is 9.78 Å². The highest BCUT2D eigenvalue weighted by molar-refractivity contribution is 9.10. The first kappa shape index (κ1) is 15.8. The van der Waals surface area contributed by atoms with Crippen molar-refractivity contribution >= 4 is 27.5 Å². The van der Waals surface area contributed by atoms with Crippen LogP contribution in [0.4, 0.5) is 0 Å². The summed E-state index contributed by atoms with van der Waals surface area (Å²) in [6.45, 7) is 1.96. The summed E-state index contributed by atoms with van der Waals surface area (Å²) < 4.78 is 0.909. The number of aliphatic hydroxyl groups is 1. The van der Waals surface area contributed by atoms with Crippen molar-refractivity contribution in [2.24, 2.45) is 5.10 Å². The van der Waals surface area contributed by atoms with Crippen LogP contribution in [-0.2, 0) is 5.72 Å². The second-order valence-corrected chi connectivity index (χ2v) is 6.29. The van der Waals surface area contributed by atoms with E-state index in [1.165, 1.54) is 5.01 Å². The Labute approximate surface area is 142 Å². The number of benzene rings is 1. The van der Waals surface area contributed by atoms with Crippen molar-refractivity contribution < 1.29 is 9.90 Å². The molecule has 1 N–H and O–H groups in total. The van der Waals surface area contributed by atoms with Crippen molar-refractivity contribution in [2.75, 3.05) is 0 Å². The minimum atomic E-state index is -1.47. The molecule has 118 valence electrons. The van der Waals surface area contributed by atoms with E-state index in [1.54, 1.807) is 36.7 Å². The molecule has 0 saturated heterocycles. The van der Waals surface area contributed by atoms with Crippen LogP contribution in [0, 0.1) is 0 Å². The van der Waals surface area contributed by atoms with Crippen molar-refractivity contribution in [1.29, 1.82) is 0 Å². The number of pyridine rings is 1. The fraction of sp³-hybridized carbons (Fsp3) is 0.235. The number of carbonyl (C=O) groups is 1. The minimum Gasteiger partial charge on any atom is -0.365 e. The van der Waals surface area contributed by atoms with Crippen molar-refractivity contribution in [3.8, 4) is 0 Å². The van der Waals surface area contributed by atoms with Gasteiger partial charge >= 0.3 is 0 Å². The standard InChI is InChI=1S/C17H16BrN3O2/c1-2-15-11-17(23,13-3-5-14(18)6-4-13)21(20-15)16(22)12-7-9-19-10-8-12/h3-10,23H,2,11H2,1H3. The number of aromatic nitrogens is 1. The largest absolute Gasteiger partial charge is 0.365 e. The summed E-state index contributed by atoms with van der Waals surface area (Å²) in [5, 5.41) is 16.7. The zero-order valence-corrected chi connectivity index (χ0v) is 14.2. The molecule has 2 heterocycles. The third-order valence-corrected chi connectivity index (χ3v) is 4.41. The molecular formula is C17H16BrN3O2. The summed E-state index contributed by atoms with van der Waals surface area (Å²) in [5.74, 6) is -0.346. The first-order valence-electron chi connectivity index (χ1n) is 7.34. The Bertz CT molecular complexity index is 746. The number of halogens is 1. The fourth-order valence-electron chi connectivity index (χ4n) is 2.59. The Balaban J connectivity index is 2.02. The Kier molecular flexibility index (Phi) is 4.28. The van der Waals surface area contributed by atoms with Crippen LogP contribution in [0.5, 0.6) is 0 Å². The van der Waals surface area contributed by atoms with Gasteiger partial charge in [0, 0.05) is 40.1 Å². The van der Waals surface area contributed by atoms with E-state index in [2.05, 4.69) is 26.0 Å². The van der Waals surface area contributed by atoms with Crippen molar-refractivity contribution in [3.05, 3.63) is 64.4 Å². The lowest BCUT2D eigenvalue weighted by atomic mass is 9.96. The second kappa shape index (κ2) is 6.22. The number of rotatable bonds is 3. The van der Waals surface area contributed by atoms with Crippen LogP contribution >= 0.6 is 15.9 Å². The molecule has 1 aliphatic rings. The van der Waals surface area contributed by atoms with Gasteiger partial charge in [-0.25, -0.2) is 0 Å². The smallest absolute Gasteiger partial charge is 0.277 e. The molecule has 23 heavy (non-hydrogen) atoms. The predicted octanol–water partition coefficient (Wildman–Crippen LogP) is 3.30. The summed E-state index contributed by atoms with van der Waals surface area (Å²) >= 11 is 3.38. The minimum absolute atomic E-state index is 0.307. The lowest BCUT2D eigenvalue weighted by molar-refractivity contribution is -0.0765. The van der Waals surface area contributed by atoms with Crippen molar-refractivity contribution in [2.45, 2.75) is 25.5 Å². The van der Waals surface area contributed by atoms with Gasteiger partial charge in [0.1, 0.15) is 0 Å². The lowest BCUT2D eigenvalue weighted by Crippen LogP contribution is -2.43. The van der Waals surface area contributed by atoms with E-state index < -0.39 is 5.72 Å². The van der Waals surface area contributed by atoms with E-state index >= 15 is 0 Å². The van der Waals surface area contributed by atoms with E-state index in [1.807, 2.05) is 19.1 Å². The second-order valence-electron chi connectivity index (χ2n) is 5.37. The van der Waals surface area contributed by atoms with Crippen LogP contribution in [0.1, 0.15) is 35.7 Å². The molecule has 1 amide bonds. The number of hydrazone groups is 1. The molecule has 0 fully saturated rings. The van der Waals surface area contributed by atoms with Crippen LogP contribution < -0.4 is 0 Å². The van der Waals surface area contributed by atoms with Gasteiger partial charge in [0.2, 0.25) is 0 Å². The first-order valence-corrected chi connectivity index (χ1v) is 8.13. The van der Waals surface area contributed by atoms with E-state index in [-0.39, 0.29) is 5.91 Å². The van der Waals surface area contributed by atoms with Crippen molar-refractivity contribution in [1.82, 2.24) is 9.99 Å². The van der Waals surface area contributed by atoms with Gasteiger partial charge in [0.25, 0.3) is 5.91 Å². The topological polar surface area (TPSA) is 65.8 Å². The predicted molar refractivity (Wildman–Crippen MR) is 90.8 cm³/mol. The van der Waals surface area contributed by atoms with Gasteiger partial charge in [0.15, 0.2) is 5.72 Å². The molecule has 1 aliphatic heterocycles. The lowest BCUT2D eigenvalue weighted by Gasteiger charge is -2.31. The highest BCUT2D eigenvalue weighted by atomic mass is 79.9. The van der Waals surface area contributed by atoms with Gasteiger partial charge in [-0.05, 0) is 30.7 Å². The average Bonchev–Trinajstić information content (AvgIpc) is 2.93. The molecule has 5 nitrogen and oxygen atoms in total. The third kappa shape index (κ3) is 2.92. The monoisotopic (exact) mass is 373 g/mol. The Morgan fingerprint density at radius 3 is 2.52 bits per heavy atom. The normalized spacial score (nSPS) is 20.5. The molecule has 1 atom stereocenters. The molecule has 0 bridgehead atoms. The SMILES string of the molecule is CCC1=NN(C(=O)c2ccncc2)C(O)(c2ccc(Br)cc2)C1. The van der Waals surface area contributed by atoms with E-state index in [4.69, 9.17) is 0 Å². The number of hydrogen-bond acceptors (Lipinski definition) is 4. The molecule has 6 heteroatoms. The Morgan fingerprint density at radius 2 is 1.91 bits per heavy atom. The molecule has 3 rings (SSSR count). The maximum atomic E-state index is 12.8. The number of amides is 1. The molecular weight excluding hydrogens is 358 g/mol. The third-order valence-electron chi connectivity index (χ3n) is 3.88. The molecule has 1 aromatic heterocycles. The fourth-order valence-corrected chi connectivity index (χ4v) is 2.85. The highest BCUT2D eigenvalue weighted by Crippen LogP contribution is 2.37. The van der Waals surface area contributed by atoms with E-state index in [0.717, 1.165) is 10.2 Å². The number of carbonyl (C=O) groups excluding carboxylic acids is 1. The van der Waals surface area contributed by atoms with Crippen LogP contribution in [0.25, 0.3) is 0 Å². The van der Waals surface area contributed by atoms with Crippen LogP contribution in [0.15, 0.2) is 58.4 Å². The van der Waals surface area contributed by atoms with E-state index in [0.29, 0.717) is 24.0 Å². The Hall–Kier alpha value is -2.05. The summed E-state index contributed by atoms with van der Waals surface area (Å²) in [4.78, 5) is 16.7. The van der Waals surface area contributed by atoms with Crippen molar-refractivity contribution in [3.63, 3.8) is 0 Å². The zero-order valence-electron chi connectivity index (χ0n) is 12.6. The van der Waals surface area contributed by atoms with Gasteiger partial charge < -0.3 is 5.11 Å². The maximum Gasteiger partial charge on any atom is 0.277 e. The molecule has 1 aromatic carbocycles. The van der Waals surface area contributed by atoms with Gasteiger partial charge in [0.05, 0.1) is 0 Å². The molecule has 2 aromatic rings. The molecule has 0 aliphatic carbocycles. The van der Waals surface area contributed by atoms with E-state index in [9.17, 15) is 9.90 Å². The molecule has 0 spiro atoms. The quantitative estimate of drug-likeness (QED) is 0.897. The number of nitrogens with zero attached hydrogens (tertiary/aromatic N) is 3. The maximum absolute atomic E-state index is 12.8. The summed E-state index contributed by atoms with van der Waals surface area (Å²) in [6, 6.07) is 10.5.